The highest BCUT2D eigenvalue weighted by molar-refractivity contribution is 5.87. The van der Waals surface area contributed by atoms with Crippen LogP contribution in [0.1, 0.15) is 15.9 Å². The average molecular weight is 247 g/mol. The largest absolute Gasteiger partial charge is 0.478 e. The van der Waals surface area contributed by atoms with Crippen LogP contribution in [0.4, 0.5) is 4.39 Å². The van der Waals surface area contributed by atoms with Crippen molar-refractivity contribution in [2.75, 3.05) is 0 Å². The molecule has 0 saturated heterocycles. The van der Waals surface area contributed by atoms with Crippen LogP contribution < -0.4 is 4.74 Å². The molecular weight excluding hydrogens is 237 g/mol. The topological polar surface area (TPSA) is 59.4 Å². The zero-order chi connectivity index (χ0) is 13.1. The van der Waals surface area contributed by atoms with Crippen LogP contribution in [-0.4, -0.2) is 16.1 Å². The van der Waals surface area contributed by atoms with Crippen LogP contribution in [0.3, 0.4) is 0 Å². The first-order chi connectivity index (χ1) is 8.56. The molecule has 1 aromatic heterocycles. The van der Waals surface area contributed by atoms with E-state index in [9.17, 15) is 9.18 Å². The van der Waals surface area contributed by atoms with E-state index in [0.717, 1.165) is 11.8 Å². The molecule has 0 aliphatic rings. The molecule has 1 aromatic carbocycles. The fourth-order valence-corrected chi connectivity index (χ4v) is 1.37. The Morgan fingerprint density at radius 2 is 2.11 bits per heavy atom. The molecule has 0 aliphatic carbocycles. The van der Waals surface area contributed by atoms with Crippen LogP contribution in [0.5, 0.6) is 11.6 Å². The van der Waals surface area contributed by atoms with E-state index in [4.69, 9.17) is 9.84 Å². The second-order valence-corrected chi connectivity index (χ2v) is 3.73. The van der Waals surface area contributed by atoms with Crippen molar-refractivity contribution in [2.45, 2.75) is 6.92 Å². The zero-order valence-corrected chi connectivity index (χ0v) is 9.55. The van der Waals surface area contributed by atoms with Gasteiger partial charge in [0.15, 0.2) is 11.6 Å². The summed E-state index contributed by atoms with van der Waals surface area (Å²) >= 11 is 0. The number of carboxylic acid groups (broad SMARTS) is 1. The van der Waals surface area contributed by atoms with Crippen LogP contribution in [-0.2, 0) is 0 Å². The smallest absolute Gasteiger partial charge is 0.337 e. The van der Waals surface area contributed by atoms with Crippen molar-refractivity contribution < 1.29 is 19.0 Å². The lowest BCUT2D eigenvalue weighted by atomic mass is 10.2. The summed E-state index contributed by atoms with van der Waals surface area (Å²) in [6.07, 6.45) is 1.16. The van der Waals surface area contributed by atoms with Crippen molar-refractivity contribution in [3.63, 3.8) is 0 Å². The van der Waals surface area contributed by atoms with Gasteiger partial charge in [-0.2, -0.15) is 0 Å². The van der Waals surface area contributed by atoms with Gasteiger partial charge in [-0.25, -0.2) is 14.2 Å². The maximum Gasteiger partial charge on any atom is 0.337 e. The van der Waals surface area contributed by atoms with E-state index in [1.54, 1.807) is 12.1 Å². The Balaban J connectivity index is 2.23. The summed E-state index contributed by atoms with van der Waals surface area (Å²) in [5.41, 5.74) is 0.903. The number of carboxylic acids is 1. The Kier molecular flexibility index (Phi) is 3.23. The van der Waals surface area contributed by atoms with Gasteiger partial charge in [-0.1, -0.05) is 6.07 Å². The number of pyridine rings is 1. The Bertz CT molecular complexity index is 581. The molecule has 1 heterocycles. The van der Waals surface area contributed by atoms with E-state index < -0.39 is 11.8 Å². The number of aryl methyl sites for hydroxylation is 1. The zero-order valence-electron chi connectivity index (χ0n) is 9.55. The summed E-state index contributed by atoms with van der Waals surface area (Å²) in [4.78, 5) is 14.4. The van der Waals surface area contributed by atoms with E-state index in [-0.39, 0.29) is 17.2 Å². The van der Waals surface area contributed by atoms with Gasteiger partial charge in [0.2, 0.25) is 5.88 Å². The molecule has 2 rings (SSSR count). The minimum Gasteiger partial charge on any atom is -0.478 e. The van der Waals surface area contributed by atoms with Gasteiger partial charge < -0.3 is 9.84 Å². The number of aromatic nitrogens is 1. The number of aromatic carboxylic acids is 1. The lowest BCUT2D eigenvalue weighted by molar-refractivity contribution is 0.0696. The van der Waals surface area contributed by atoms with Crippen molar-refractivity contribution in [3.8, 4) is 11.6 Å². The van der Waals surface area contributed by atoms with Gasteiger partial charge in [-0.05, 0) is 30.7 Å². The maximum atomic E-state index is 13.4. The van der Waals surface area contributed by atoms with Crippen LogP contribution >= 0.6 is 0 Å². The molecule has 5 heteroatoms. The third kappa shape index (κ3) is 2.63. The van der Waals surface area contributed by atoms with Gasteiger partial charge in [-0.15, -0.1) is 0 Å². The highest BCUT2D eigenvalue weighted by atomic mass is 19.1. The number of hydrogen-bond donors (Lipinski definition) is 1. The summed E-state index contributed by atoms with van der Waals surface area (Å²) in [6.45, 7) is 1.81. The molecule has 0 fully saturated rings. The van der Waals surface area contributed by atoms with Gasteiger partial charge in [0.05, 0.1) is 5.56 Å². The highest BCUT2D eigenvalue weighted by Crippen LogP contribution is 2.23. The number of halogens is 1. The molecule has 0 amide bonds. The molecule has 92 valence electrons. The first-order valence-electron chi connectivity index (χ1n) is 5.19. The molecule has 0 unspecified atom stereocenters. The predicted molar refractivity (Wildman–Crippen MR) is 62.4 cm³/mol. The van der Waals surface area contributed by atoms with Gasteiger partial charge in [-0.3, -0.25) is 0 Å². The summed E-state index contributed by atoms with van der Waals surface area (Å²) in [5.74, 6) is -1.37. The van der Waals surface area contributed by atoms with Crippen molar-refractivity contribution in [3.05, 3.63) is 53.5 Å². The third-order valence-electron chi connectivity index (χ3n) is 2.28. The predicted octanol–water partition coefficient (Wildman–Crippen LogP) is 3.02. The van der Waals surface area contributed by atoms with Gasteiger partial charge in [0.25, 0.3) is 0 Å². The summed E-state index contributed by atoms with van der Waals surface area (Å²) in [5, 5.41) is 8.71. The van der Waals surface area contributed by atoms with Crippen molar-refractivity contribution in [1.82, 2.24) is 4.98 Å². The third-order valence-corrected chi connectivity index (χ3v) is 2.28. The first-order valence-corrected chi connectivity index (χ1v) is 5.19. The van der Waals surface area contributed by atoms with E-state index >= 15 is 0 Å². The molecule has 18 heavy (non-hydrogen) atoms. The van der Waals surface area contributed by atoms with Crippen LogP contribution in [0, 0.1) is 12.7 Å². The Labute approximate surface area is 103 Å². The molecule has 0 saturated carbocycles. The lowest BCUT2D eigenvalue weighted by Gasteiger charge is -2.06. The number of nitrogens with zero attached hydrogens (tertiary/aromatic N) is 1. The molecule has 0 aliphatic heterocycles. The monoisotopic (exact) mass is 247 g/mol. The van der Waals surface area contributed by atoms with Gasteiger partial charge >= 0.3 is 5.97 Å². The van der Waals surface area contributed by atoms with E-state index in [0.29, 0.717) is 0 Å². The SMILES string of the molecule is Cc1ccc(F)c(Oc2ccc(C(=O)O)cn2)c1. The molecule has 0 atom stereocenters. The van der Waals surface area contributed by atoms with Crippen LogP contribution in [0.15, 0.2) is 36.5 Å². The second kappa shape index (κ2) is 4.83. The van der Waals surface area contributed by atoms with Crippen molar-refractivity contribution in [1.29, 1.82) is 0 Å². The van der Waals surface area contributed by atoms with E-state index in [2.05, 4.69) is 4.98 Å². The Morgan fingerprint density at radius 1 is 1.33 bits per heavy atom. The van der Waals surface area contributed by atoms with E-state index in [1.165, 1.54) is 18.2 Å². The number of carbonyl (C=O) groups is 1. The first kappa shape index (κ1) is 12.0. The number of rotatable bonds is 3. The summed E-state index contributed by atoms with van der Waals surface area (Å²) in [7, 11) is 0. The van der Waals surface area contributed by atoms with Crippen LogP contribution in [0.25, 0.3) is 0 Å². The molecule has 0 spiro atoms. The van der Waals surface area contributed by atoms with Crippen molar-refractivity contribution in [2.24, 2.45) is 0 Å². The molecule has 2 aromatic rings. The van der Waals surface area contributed by atoms with E-state index in [1.807, 2.05) is 6.92 Å². The quantitative estimate of drug-likeness (QED) is 0.905. The summed E-state index contributed by atoms with van der Waals surface area (Å²) < 4.78 is 18.7. The number of hydrogen-bond acceptors (Lipinski definition) is 3. The van der Waals surface area contributed by atoms with Crippen LogP contribution in [0.2, 0.25) is 0 Å². The lowest BCUT2D eigenvalue weighted by Crippen LogP contribution is -1.98. The minimum atomic E-state index is -1.07. The summed E-state index contributed by atoms with van der Waals surface area (Å²) in [6, 6.07) is 7.20. The van der Waals surface area contributed by atoms with Crippen molar-refractivity contribution >= 4 is 5.97 Å². The molecule has 0 bridgehead atoms. The minimum absolute atomic E-state index is 0.0482. The second-order valence-electron chi connectivity index (χ2n) is 3.73. The fraction of sp³-hybridized carbons (Fsp3) is 0.0769. The number of benzene rings is 1. The average Bonchev–Trinajstić information content (AvgIpc) is 2.34. The molecule has 1 N–H and O–H groups in total. The molecule has 0 radical (unpaired) electrons. The standard InChI is InChI=1S/C13H10FNO3/c1-8-2-4-10(14)11(6-8)18-12-5-3-9(7-15-12)13(16)17/h2-7H,1H3,(H,16,17). The highest BCUT2D eigenvalue weighted by Gasteiger charge is 2.07. The van der Waals surface area contributed by atoms with Gasteiger partial charge in [0, 0.05) is 12.3 Å². The normalized spacial score (nSPS) is 10.1. The Hall–Kier alpha value is -2.43. The maximum absolute atomic E-state index is 13.4. The fourth-order valence-electron chi connectivity index (χ4n) is 1.37. The molecular formula is C13H10FNO3. The van der Waals surface area contributed by atoms with Gasteiger partial charge in [0.1, 0.15) is 0 Å². The number of ether oxygens (including phenoxy) is 1. The molecule has 4 nitrogen and oxygen atoms in total. The Morgan fingerprint density at radius 3 is 2.72 bits per heavy atom.